The molecule has 2 nitrogen and oxygen atoms in total. The highest BCUT2D eigenvalue weighted by Gasteiger charge is 2.26. The molecule has 15 heavy (non-hydrogen) atoms. The van der Waals surface area contributed by atoms with E-state index < -0.39 is 5.60 Å². The highest BCUT2D eigenvalue weighted by Crippen LogP contribution is 2.21. The van der Waals surface area contributed by atoms with Crippen LogP contribution in [-0.4, -0.2) is 41.0 Å². The van der Waals surface area contributed by atoms with Crippen LogP contribution in [0.1, 0.15) is 45.4 Å². The number of rotatable bonds is 6. The summed E-state index contributed by atoms with van der Waals surface area (Å²) in [6, 6.07) is 0. The van der Waals surface area contributed by atoms with E-state index in [4.69, 9.17) is 0 Å². The van der Waals surface area contributed by atoms with E-state index in [1.165, 1.54) is 32.2 Å². The Morgan fingerprint density at radius 3 is 2.33 bits per heavy atom. The van der Waals surface area contributed by atoms with Gasteiger partial charge in [0.25, 0.3) is 0 Å². The summed E-state index contributed by atoms with van der Waals surface area (Å²) in [4.78, 5) is 2.48. The fourth-order valence-corrected chi connectivity index (χ4v) is 2.28. The third kappa shape index (κ3) is 5.79. The van der Waals surface area contributed by atoms with Crippen LogP contribution < -0.4 is 0 Å². The molecule has 1 heterocycles. The second-order valence-electron chi connectivity index (χ2n) is 4.98. The summed E-state index contributed by atoms with van der Waals surface area (Å²) in [6.45, 7) is 5.30. The molecule has 0 atom stereocenters. The molecule has 1 fully saturated rings. The van der Waals surface area contributed by atoms with Crippen LogP contribution in [0.5, 0.6) is 0 Å². The molecule has 0 aromatic rings. The van der Waals surface area contributed by atoms with Gasteiger partial charge in [-0.1, -0.05) is 12.8 Å². The van der Waals surface area contributed by atoms with Crippen LogP contribution in [0.4, 0.5) is 0 Å². The number of aliphatic hydroxyl groups is 1. The van der Waals surface area contributed by atoms with Crippen molar-refractivity contribution in [2.75, 3.05) is 25.4 Å². The Hall–Kier alpha value is 0.270. The summed E-state index contributed by atoms with van der Waals surface area (Å²) >= 11 is 4.21. The van der Waals surface area contributed by atoms with Crippen LogP contribution in [-0.2, 0) is 0 Å². The predicted molar refractivity (Wildman–Crippen MR) is 68.6 cm³/mol. The Labute approximate surface area is 99.5 Å². The molecule has 1 aliphatic heterocycles. The van der Waals surface area contributed by atoms with Gasteiger partial charge in [0.1, 0.15) is 0 Å². The minimum atomic E-state index is -0.400. The zero-order valence-corrected chi connectivity index (χ0v) is 10.8. The van der Waals surface area contributed by atoms with Gasteiger partial charge in [0.15, 0.2) is 0 Å². The molecule has 0 bridgehead atoms. The average Bonchev–Trinajstić information content (AvgIpc) is 2.20. The van der Waals surface area contributed by atoms with Gasteiger partial charge in [0.2, 0.25) is 0 Å². The van der Waals surface area contributed by atoms with Crippen LogP contribution in [0.3, 0.4) is 0 Å². The molecule has 0 spiro atoms. The van der Waals surface area contributed by atoms with Gasteiger partial charge >= 0.3 is 0 Å². The number of nitrogens with zero attached hydrogens (tertiary/aromatic N) is 1. The van der Waals surface area contributed by atoms with E-state index in [9.17, 15) is 5.11 Å². The lowest BCUT2D eigenvalue weighted by Crippen LogP contribution is -2.42. The molecular weight excluding hydrogens is 206 g/mol. The first-order valence-electron chi connectivity index (χ1n) is 6.20. The number of likely N-dealkylation sites (tertiary alicyclic amines) is 1. The monoisotopic (exact) mass is 231 g/mol. The Morgan fingerprint density at radius 1 is 1.13 bits per heavy atom. The van der Waals surface area contributed by atoms with Gasteiger partial charge in [-0.15, -0.1) is 0 Å². The third-order valence-electron chi connectivity index (χ3n) is 3.32. The van der Waals surface area contributed by atoms with E-state index in [0.717, 1.165) is 31.7 Å². The zero-order chi connectivity index (χ0) is 11.1. The van der Waals surface area contributed by atoms with Crippen LogP contribution in [0, 0.1) is 0 Å². The molecular formula is C12H25NOS. The van der Waals surface area contributed by atoms with Crippen molar-refractivity contribution in [1.82, 2.24) is 4.90 Å². The molecule has 0 radical (unpaired) electrons. The number of thiol groups is 1. The van der Waals surface area contributed by atoms with E-state index >= 15 is 0 Å². The Kier molecular flexibility index (Phi) is 6.02. The minimum absolute atomic E-state index is 0.400. The first kappa shape index (κ1) is 13.3. The standard InChI is InChI=1S/C12H25NOS/c1-12(14)6-9-13(10-7-12)8-4-2-3-5-11-15/h14-15H,2-11H2,1H3. The van der Waals surface area contributed by atoms with E-state index in [0.29, 0.717) is 0 Å². The van der Waals surface area contributed by atoms with Crippen molar-refractivity contribution in [3.8, 4) is 0 Å². The first-order valence-corrected chi connectivity index (χ1v) is 6.83. The van der Waals surface area contributed by atoms with Gasteiger partial charge < -0.3 is 10.0 Å². The maximum absolute atomic E-state index is 9.80. The average molecular weight is 231 g/mol. The fourth-order valence-electron chi connectivity index (χ4n) is 2.06. The normalized spacial score (nSPS) is 21.8. The van der Waals surface area contributed by atoms with Gasteiger partial charge in [0, 0.05) is 13.1 Å². The van der Waals surface area contributed by atoms with E-state index in [2.05, 4.69) is 17.5 Å². The maximum Gasteiger partial charge on any atom is 0.0644 e. The summed E-state index contributed by atoms with van der Waals surface area (Å²) in [5.41, 5.74) is -0.400. The number of unbranched alkanes of at least 4 members (excludes halogenated alkanes) is 3. The van der Waals surface area contributed by atoms with Gasteiger partial charge in [-0.3, -0.25) is 0 Å². The summed E-state index contributed by atoms with van der Waals surface area (Å²) in [6.07, 6.45) is 7.06. The van der Waals surface area contributed by atoms with E-state index in [1.54, 1.807) is 0 Å². The maximum atomic E-state index is 9.80. The molecule has 0 unspecified atom stereocenters. The van der Waals surface area contributed by atoms with Gasteiger partial charge in [-0.2, -0.15) is 12.6 Å². The Bertz CT molecular complexity index is 163. The molecule has 0 amide bonds. The molecule has 90 valence electrons. The molecule has 0 aliphatic carbocycles. The summed E-state index contributed by atoms with van der Waals surface area (Å²) < 4.78 is 0. The lowest BCUT2D eigenvalue weighted by Gasteiger charge is -2.35. The minimum Gasteiger partial charge on any atom is -0.390 e. The highest BCUT2D eigenvalue weighted by atomic mass is 32.1. The molecule has 0 aromatic carbocycles. The molecule has 0 aromatic heterocycles. The predicted octanol–water partition coefficient (Wildman–Crippen LogP) is 2.32. The molecule has 1 rings (SSSR count). The third-order valence-corrected chi connectivity index (χ3v) is 3.63. The Morgan fingerprint density at radius 2 is 1.73 bits per heavy atom. The van der Waals surface area contributed by atoms with Crippen LogP contribution in [0.15, 0.2) is 0 Å². The van der Waals surface area contributed by atoms with Crippen molar-refractivity contribution in [2.24, 2.45) is 0 Å². The van der Waals surface area contributed by atoms with E-state index in [1.807, 2.05) is 6.92 Å². The van der Waals surface area contributed by atoms with Crippen molar-refractivity contribution in [3.63, 3.8) is 0 Å². The highest BCUT2D eigenvalue weighted by molar-refractivity contribution is 7.80. The largest absolute Gasteiger partial charge is 0.390 e. The summed E-state index contributed by atoms with van der Waals surface area (Å²) in [7, 11) is 0. The number of piperidine rings is 1. The molecule has 1 aliphatic rings. The smallest absolute Gasteiger partial charge is 0.0644 e. The Balaban J connectivity index is 1.99. The SMILES string of the molecule is CC1(O)CCN(CCCCCCS)CC1. The van der Waals surface area contributed by atoms with Crippen molar-refractivity contribution in [2.45, 2.75) is 51.0 Å². The number of hydrogen-bond donors (Lipinski definition) is 2. The fraction of sp³-hybridized carbons (Fsp3) is 1.00. The molecule has 1 saturated heterocycles. The lowest BCUT2D eigenvalue weighted by molar-refractivity contribution is -0.00553. The first-order chi connectivity index (χ1) is 7.14. The summed E-state index contributed by atoms with van der Waals surface area (Å²) in [5.74, 6) is 1.02. The van der Waals surface area contributed by atoms with Gasteiger partial charge in [0.05, 0.1) is 5.60 Å². The second-order valence-corrected chi connectivity index (χ2v) is 5.42. The quantitative estimate of drug-likeness (QED) is 0.541. The topological polar surface area (TPSA) is 23.5 Å². The number of hydrogen-bond acceptors (Lipinski definition) is 3. The van der Waals surface area contributed by atoms with Gasteiger partial charge in [-0.25, -0.2) is 0 Å². The lowest BCUT2D eigenvalue weighted by atomic mass is 9.94. The van der Waals surface area contributed by atoms with Crippen molar-refractivity contribution in [3.05, 3.63) is 0 Å². The molecule has 3 heteroatoms. The van der Waals surface area contributed by atoms with Crippen LogP contribution >= 0.6 is 12.6 Å². The van der Waals surface area contributed by atoms with Crippen molar-refractivity contribution >= 4 is 12.6 Å². The summed E-state index contributed by atoms with van der Waals surface area (Å²) in [5, 5.41) is 9.80. The zero-order valence-electron chi connectivity index (χ0n) is 9.91. The van der Waals surface area contributed by atoms with Crippen LogP contribution in [0.25, 0.3) is 0 Å². The molecule has 1 N–H and O–H groups in total. The van der Waals surface area contributed by atoms with Crippen molar-refractivity contribution in [1.29, 1.82) is 0 Å². The second kappa shape index (κ2) is 6.77. The van der Waals surface area contributed by atoms with Gasteiger partial charge in [-0.05, 0) is 44.9 Å². The van der Waals surface area contributed by atoms with E-state index in [-0.39, 0.29) is 0 Å². The van der Waals surface area contributed by atoms with Crippen LogP contribution in [0.2, 0.25) is 0 Å². The van der Waals surface area contributed by atoms with Crippen molar-refractivity contribution < 1.29 is 5.11 Å². The molecule has 0 saturated carbocycles.